The quantitative estimate of drug-likeness (QED) is 0.756. The average molecular weight is 216 g/mol. The van der Waals surface area contributed by atoms with Gasteiger partial charge in [0.15, 0.2) is 0 Å². The van der Waals surface area contributed by atoms with E-state index in [0.717, 1.165) is 10.9 Å². The highest BCUT2D eigenvalue weighted by Crippen LogP contribution is 2.17. The van der Waals surface area contributed by atoms with Crippen LogP contribution in [0.4, 0.5) is 0 Å². The lowest BCUT2D eigenvalue weighted by molar-refractivity contribution is 0.0921. The van der Waals surface area contributed by atoms with E-state index >= 15 is 0 Å². The average Bonchev–Trinajstić information content (AvgIpc) is 2.61. The largest absolute Gasteiger partial charge is 0.361 e. The molecule has 16 heavy (non-hydrogen) atoms. The van der Waals surface area contributed by atoms with Crippen LogP contribution in [-0.4, -0.2) is 16.4 Å². The molecule has 3 nitrogen and oxygen atoms in total. The molecule has 0 aliphatic carbocycles. The zero-order chi connectivity index (χ0) is 11.8. The van der Waals surface area contributed by atoms with Crippen LogP contribution >= 0.6 is 0 Å². The molecule has 0 saturated carbocycles. The summed E-state index contributed by atoms with van der Waals surface area (Å²) in [6, 6.07) is 7.68. The summed E-state index contributed by atoms with van der Waals surface area (Å²) < 4.78 is 0. The van der Waals surface area contributed by atoms with Gasteiger partial charge in [0.2, 0.25) is 0 Å². The van der Waals surface area contributed by atoms with Gasteiger partial charge in [-0.25, -0.2) is 0 Å². The number of rotatable bonds is 1. The van der Waals surface area contributed by atoms with Crippen LogP contribution in [0.3, 0.4) is 0 Å². The summed E-state index contributed by atoms with van der Waals surface area (Å²) in [5, 5.41) is 4.02. The van der Waals surface area contributed by atoms with Crippen LogP contribution in [0.2, 0.25) is 0 Å². The topological polar surface area (TPSA) is 44.9 Å². The summed E-state index contributed by atoms with van der Waals surface area (Å²) in [6.45, 7) is 5.92. The molecule has 1 heterocycles. The van der Waals surface area contributed by atoms with Crippen molar-refractivity contribution in [2.75, 3.05) is 0 Å². The second-order valence-electron chi connectivity index (χ2n) is 4.95. The van der Waals surface area contributed by atoms with Gasteiger partial charge in [-0.1, -0.05) is 12.1 Å². The summed E-state index contributed by atoms with van der Waals surface area (Å²) in [5.41, 5.74) is 1.37. The van der Waals surface area contributed by atoms with Crippen LogP contribution in [0.1, 0.15) is 31.1 Å². The Morgan fingerprint density at radius 2 is 2.00 bits per heavy atom. The first kappa shape index (κ1) is 10.7. The molecule has 1 amide bonds. The number of aromatic amines is 1. The van der Waals surface area contributed by atoms with E-state index in [0.29, 0.717) is 5.56 Å². The van der Waals surface area contributed by atoms with Crippen molar-refractivity contribution in [1.82, 2.24) is 10.3 Å². The van der Waals surface area contributed by atoms with Crippen LogP contribution in [0, 0.1) is 0 Å². The zero-order valence-electron chi connectivity index (χ0n) is 9.79. The van der Waals surface area contributed by atoms with E-state index < -0.39 is 0 Å². The third-order valence-electron chi connectivity index (χ3n) is 2.32. The molecule has 0 bridgehead atoms. The van der Waals surface area contributed by atoms with Crippen LogP contribution < -0.4 is 5.32 Å². The van der Waals surface area contributed by atoms with Crippen molar-refractivity contribution in [3.05, 3.63) is 36.0 Å². The molecule has 0 atom stereocenters. The minimum Gasteiger partial charge on any atom is -0.361 e. The number of carbonyl (C=O) groups excluding carboxylic acids is 1. The van der Waals surface area contributed by atoms with Crippen LogP contribution in [0.25, 0.3) is 10.9 Å². The monoisotopic (exact) mass is 216 g/mol. The maximum Gasteiger partial charge on any atom is 0.253 e. The van der Waals surface area contributed by atoms with Gasteiger partial charge < -0.3 is 10.3 Å². The van der Waals surface area contributed by atoms with Crippen molar-refractivity contribution in [3.8, 4) is 0 Å². The second-order valence-corrected chi connectivity index (χ2v) is 4.95. The number of aromatic nitrogens is 1. The molecule has 0 radical (unpaired) electrons. The molecule has 84 valence electrons. The highest BCUT2D eigenvalue weighted by molar-refractivity contribution is 6.05. The summed E-state index contributed by atoms with van der Waals surface area (Å²) in [5.74, 6) is -0.0412. The van der Waals surface area contributed by atoms with Crippen LogP contribution in [-0.2, 0) is 0 Å². The molecule has 0 aliphatic heterocycles. The lowest BCUT2D eigenvalue weighted by Crippen LogP contribution is -2.40. The number of hydrogen-bond donors (Lipinski definition) is 2. The standard InChI is InChI=1S/C13H16N2O/c1-13(2,3)15-12(16)10-6-4-5-9-7-8-14-11(9)10/h4-8,14H,1-3H3,(H,15,16). The second kappa shape index (κ2) is 3.67. The van der Waals surface area contributed by atoms with E-state index in [-0.39, 0.29) is 11.4 Å². The van der Waals surface area contributed by atoms with Crippen LogP contribution in [0.5, 0.6) is 0 Å². The Labute approximate surface area is 94.9 Å². The SMILES string of the molecule is CC(C)(C)NC(=O)c1cccc2cc[nH]c12. The number of carbonyl (C=O) groups is 1. The number of nitrogens with one attached hydrogen (secondary N) is 2. The molecule has 3 heteroatoms. The molecule has 0 saturated heterocycles. The third-order valence-corrected chi connectivity index (χ3v) is 2.32. The first-order valence-corrected chi connectivity index (χ1v) is 5.36. The minimum absolute atomic E-state index is 0.0412. The predicted molar refractivity (Wildman–Crippen MR) is 65.5 cm³/mol. The highest BCUT2D eigenvalue weighted by Gasteiger charge is 2.17. The summed E-state index contributed by atoms with van der Waals surface area (Å²) in [4.78, 5) is 15.1. The maximum atomic E-state index is 12.0. The van der Waals surface area contributed by atoms with E-state index in [9.17, 15) is 4.79 Å². The fourth-order valence-corrected chi connectivity index (χ4v) is 1.68. The van der Waals surface area contributed by atoms with Crippen molar-refractivity contribution in [2.45, 2.75) is 26.3 Å². The lowest BCUT2D eigenvalue weighted by atomic mass is 10.1. The van der Waals surface area contributed by atoms with Crippen molar-refractivity contribution < 1.29 is 4.79 Å². The summed E-state index contributed by atoms with van der Waals surface area (Å²) >= 11 is 0. The molecule has 0 spiro atoms. The Morgan fingerprint density at radius 3 is 2.69 bits per heavy atom. The molecule has 0 aliphatic rings. The number of hydrogen-bond acceptors (Lipinski definition) is 1. The van der Waals surface area contributed by atoms with Gasteiger partial charge in [0, 0.05) is 17.1 Å². The molecule has 0 fully saturated rings. The van der Waals surface area contributed by atoms with E-state index in [2.05, 4.69) is 10.3 Å². The molecule has 2 N–H and O–H groups in total. The fourth-order valence-electron chi connectivity index (χ4n) is 1.68. The number of amides is 1. The third kappa shape index (κ3) is 2.08. The van der Waals surface area contributed by atoms with Crippen molar-refractivity contribution in [1.29, 1.82) is 0 Å². The first-order chi connectivity index (χ1) is 7.47. The predicted octanol–water partition coefficient (Wildman–Crippen LogP) is 2.70. The Balaban J connectivity index is 2.40. The molecule has 1 aromatic carbocycles. The van der Waals surface area contributed by atoms with E-state index in [1.54, 1.807) is 0 Å². The van der Waals surface area contributed by atoms with E-state index in [4.69, 9.17) is 0 Å². The van der Waals surface area contributed by atoms with Crippen molar-refractivity contribution >= 4 is 16.8 Å². The van der Waals surface area contributed by atoms with Gasteiger partial charge in [0.05, 0.1) is 11.1 Å². The molecule has 2 aromatic rings. The normalized spacial score (nSPS) is 11.7. The van der Waals surface area contributed by atoms with Crippen LogP contribution in [0.15, 0.2) is 30.5 Å². The molecule has 2 rings (SSSR count). The van der Waals surface area contributed by atoms with Gasteiger partial charge in [-0.15, -0.1) is 0 Å². The smallest absolute Gasteiger partial charge is 0.253 e. The number of para-hydroxylation sites is 1. The van der Waals surface area contributed by atoms with Gasteiger partial charge in [-0.05, 0) is 32.9 Å². The van der Waals surface area contributed by atoms with E-state index in [1.165, 1.54) is 0 Å². The zero-order valence-corrected chi connectivity index (χ0v) is 9.79. The van der Waals surface area contributed by atoms with Crippen molar-refractivity contribution in [3.63, 3.8) is 0 Å². The van der Waals surface area contributed by atoms with Gasteiger partial charge in [0.1, 0.15) is 0 Å². The lowest BCUT2D eigenvalue weighted by Gasteiger charge is -2.20. The molecule has 0 unspecified atom stereocenters. The Morgan fingerprint density at radius 1 is 1.25 bits per heavy atom. The Kier molecular flexibility index (Phi) is 2.46. The number of benzene rings is 1. The molecular formula is C13H16N2O. The van der Waals surface area contributed by atoms with Gasteiger partial charge in [-0.2, -0.15) is 0 Å². The first-order valence-electron chi connectivity index (χ1n) is 5.36. The molecular weight excluding hydrogens is 200 g/mol. The van der Waals surface area contributed by atoms with Gasteiger partial charge >= 0.3 is 0 Å². The highest BCUT2D eigenvalue weighted by atomic mass is 16.1. The number of H-pyrrole nitrogens is 1. The number of fused-ring (bicyclic) bond motifs is 1. The minimum atomic E-state index is -0.216. The van der Waals surface area contributed by atoms with Gasteiger partial charge in [-0.3, -0.25) is 4.79 Å². The van der Waals surface area contributed by atoms with Gasteiger partial charge in [0.25, 0.3) is 5.91 Å². The summed E-state index contributed by atoms with van der Waals surface area (Å²) in [7, 11) is 0. The Hall–Kier alpha value is -1.77. The molecule has 1 aromatic heterocycles. The maximum absolute atomic E-state index is 12.0. The van der Waals surface area contributed by atoms with Crippen molar-refractivity contribution in [2.24, 2.45) is 0 Å². The Bertz CT molecular complexity index is 520. The summed E-state index contributed by atoms with van der Waals surface area (Å²) in [6.07, 6.45) is 1.85. The van der Waals surface area contributed by atoms with E-state index in [1.807, 2.05) is 51.2 Å². The fraction of sp³-hybridized carbons (Fsp3) is 0.308.